The number of nitrogens with zero attached hydrogens (tertiary/aromatic N) is 3. The molecular weight excluding hydrogens is 328 g/mol. The van der Waals surface area contributed by atoms with Gasteiger partial charge in [-0.05, 0) is 42.8 Å². The molecule has 6 nitrogen and oxygen atoms in total. The quantitative estimate of drug-likeness (QED) is 0.602. The summed E-state index contributed by atoms with van der Waals surface area (Å²) in [5.41, 5.74) is 4.31. The first-order chi connectivity index (χ1) is 12.7. The number of hydrogen-bond donors (Lipinski definition) is 1. The van der Waals surface area contributed by atoms with Crippen LogP contribution >= 0.6 is 0 Å². The van der Waals surface area contributed by atoms with Gasteiger partial charge in [0.05, 0.1) is 6.33 Å². The van der Waals surface area contributed by atoms with E-state index in [4.69, 9.17) is 4.42 Å². The summed E-state index contributed by atoms with van der Waals surface area (Å²) in [6.45, 7) is 2.47. The van der Waals surface area contributed by atoms with Crippen molar-refractivity contribution < 1.29 is 9.21 Å². The first-order valence-electron chi connectivity index (χ1n) is 8.42. The molecule has 0 atom stereocenters. The predicted octanol–water partition coefficient (Wildman–Crippen LogP) is 3.29. The third-order valence-corrected chi connectivity index (χ3v) is 4.22. The fourth-order valence-corrected chi connectivity index (χ4v) is 2.82. The van der Waals surface area contributed by atoms with Gasteiger partial charge in [-0.1, -0.05) is 12.1 Å². The van der Waals surface area contributed by atoms with Crippen LogP contribution in [0.4, 0.5) is 0 Å². The van der Waals surface area contributed by atoms with Crippen LogP contribution in [0, 0.1) is 6.92 Å². The molecule has 0 saturated heterocycles. The maximum atomic E-state index is 12.3. The predicted molar refractivity (Wildman–Crippen MR) is 98.3 cm³/mol. The zero-order valence-corrected chi connectivity index (χ0v) is 14.3. The van der Waals surface area contributed by atoms with Gasteiger partial charge in [-0.3, -0.25) is 4.79 Å². The third-order valence-electron chi connectivity index (χ3n) is 4.22. The van der Waals surface area contributed by atoms with E-state index in [0.717, 1.165) is 22.4 Å². The minimum Gasteiger partial charge on any atom is -0.441 e. The number of carbonyl (C=O) groups excluding carboxylic acids is 1. The molecule has 0 aliphatic carbocycles. The molecule has 1 amide bonds. The molecule has 130 valence electrons. The Morgan fingerprint density at radius 2 is 2.04 bits per heavy atom. The van der Waals surface area contributed by atoms with E-state index in [2.05, 4.69) is 15.3 Å². The third kappa shape index (κ3) is 3.21. The Bertz CT molecular complexity index is 1030. The number of carbonyl (C=O) groups is 1. The fraction of sp³-hybridized carbons (Fsp3) is 0.150. The van der Waals surface area contributed by atoms with Gasteiger partial charge in [-0.2, -0.15) is 0 Å². The molecule has 1 N–H and O–H groups in total. The van der Waals surface area contributed by atoms with E-state index in [1.165, 1.54) is 0 Å². The Labute approximate surface area is 150 Å². The van der Waals surface area contributed by atoms with Crippen LogP contribution in [0.15, 0.2) is 65.6 Å². The highest BCUT2D eigenvalue weighted by Gasteiger charge is 2.09. The van der Waals surface area contributed by atoms with Gasteiger partial charge in [0, 0.05) is 36.6 Å². The molecule has 0 bridgehead atoms. The molecule has 0 saturated carbocycles. The summed E-state index contributed by atoms with van der Waals surface area (Å²) >= 11 is 0. The highest BCUT2D eigenvalue weighted by molar-refractivity contribution is 5.94. The van der Waals surface area contributed by atoms with Crippen LogP contribution in [0.1, 0.15) is 21.8 Å². The molecule has 0 unspecified atom stereocenters. The summed E-state index contributed by atoms with van der Waals surface area (Å²) in [5, 5.41) is 2.90. The van der Waals surface area contributed by atoms with Gasteiger partial charge < -0.3 is 14.3 Å². The van der Waals surface area contributed by atoms with Gasteiger partial charge >= 0.3 is 0 Å². The lowest BCUT2D eigenvalue weighted by atomic mass is 10.2. The number of nitrogens with one attached hydrogen (secondary N) is 1. The summed E-state index contributed by atoms with van der Waals surface area (Å²) < 4.78 is 7.61. The van der Waals surface area contributed by atoms with Crippen LogP contribution < -0.4 is 5.32 Å². The Hall–Kier alpha value is -3.41. The monoisotopic (exact) mass is 346 g/mol. The maximum Gasteiger partial charge on any atom is 0.251 e. The second-order valence-corrected chi connectivity index (χ2v) is 6.05. The van der Waals surface area contributed by atoms with Gasteiger partial charge in [0.2, 0.25) is 0 Å². The number of fused-ring (bicyclic) bond motifs is 1. The topological polar surface area (TPSA) is 73.0 Å². The minimum absolute atomic E-state index is 0.116. The SMILES string of the molecule is Cc1cccc2oc(CCNC(=O)c3ccc(-n4ccnc4)cc3)nc12. The largest absolute Gasteiger partial charge is 0.441 e. The molecular formula is C20H18N4O2. The molecule has 4 rings (SSSR count). The second kappa shape index (κ2) is 6.84. The van der Waals surface area contributed by atoms with Crippen molar-refractivity contribution in [3.05, 3.63) is 78.2 Å². The van der Waals surface area contributed by atoms with Crippen molar-refractivity contribution in [3.63, 3.8) is 0 Å². The van der Waals surface area contributed by atoms with E-state index in [1.807, 2.05) is 48.0 Å². The number of hydrogen-bond acceptors (Lipinski definition) is 4. The van der Waals surface area contributed by atoms with Crippen molar-refractivity contribution in [1.82, 2.24) is 19.9 Å². The van der Waals surface area contributed by atoms with Crippen molar-refractivity contribution in [1.29, 1.82) is 0 Å². The molecule has 0 fully saturated rings. The lowest BCUT2D eigenvalue weighted by Crippen LogP contribution is -2.25. The van der Waals surface area contributed by atoms with Crippen molar-refractivity contribution in [2.75, 3.05) is 6.54 Å². The van der Waals surface area contributed by atoms with E-state index in [1.54, 1.807) is 24.7 Å². The van der Waals surface area contributed by atoms with E-state index in [9.17, 15) is 4.79 Å². The fourth-order valence-electron chi connectivity index (χ4n) is 2.82. The Morgan fingerprint density at radius 1 is 1.19 bits per heavy atom. The highest BCUT2D eigenvalue weighted by Crippen LogP contribution is 2.19. The van der Waals surface area contributed by atoms with Gasteiger partial charge in [-0.25, -0.2) is 9.97 Å². The van der Waals surface area contributed by atoms with Crippen LogP contribution in [0.5, 0.6) is 0 Å². The van der Waals surface area contributed by atoms with Gasteiger partial charge in [0.15, 0.2) is 11.5 Å². The van der Waals surface area contributed by atoms with Crippen molar-refractivity contribution in [2.24, 2.45) is 0 Å². The Morgan fingerprint density at radius 3 is 2.77 bits per heavy atom. The molecule has 2 aromatic heterocycles. The second-order valence-electron chi connectivity index (χ2n) is 6.05. The number of benzene rings is 2. The number of aryl methyl sites for hydroxylation is 1. The number of amides is 1. The van der Waals surface area contributed by atoms with Crippen molar-refractivity contribution in [3.8, 4) is 5.69 Å². The zero-order chi connectivity index (χ0) is 17.9. The van der Waals surface area contributed by atoms with Gasteiger partial charge in [-0.15, -0.1) is 0 Å². The first-order valence-corrected chi connectivity index (χ1v) is 8.42. The summed E-state index contributed by atoms with van der Waals surface area (Å²) in [6.07, 6.45) is 5.84. The van der Waals surface area contributed by atoms with Crippen molar-refractivity contribution >= 4 is 17.0 Å². The molecule has 26 heavy (non-hydrogen) atoms. The number of imidazole rings is 1. The number of aromatic nitrogens is 3. The molecule has 2 aromatic carbocycles. The average molecular weight is 346 g/mol. The number of rotatable bonds is 5. The lowest BCUT2D eigenvalue weighted by molar-refractivity contribution is 0.0953. The molecule has 4 aromatic rings. The molecule has 6 heteroatoms. The standard InChI is InChI=1S/C20H18N4O2/c1-14-3-2-4-17-19(14)23-18(26-17)9-10-22-20(25)15-5-7-16(8-6-15)24-12-11-21-13-24/h2-8,11-13H,9-10H2,1H3,(H,22,25). The van der Waals surface area contributed by atoms with E-state index in [0.29, 0.717) is 24.4 Å². The van der Waals surface area contributed by atoms with Crippen LogP contribution in [0.3, 0.4) is 0 Å². The molecule has 0 aliphatic heterocycles. The normalized spacial score (nSPS) is 11.0. The van der Waals surface area contributed by atoms with E-state index >= 15 is 0 Å². The van der Waals surface area contributed by atoms with Crippen molar-refractivity contribution in [2.45, 2.75) is 13.3 Å². The summed E-state index contributed by atoms with van der Waals surface area (Å²) in [5.74, 6) is 0.513. The van der Waals surface area contributed by atoms with E-state index < -0.39 is 0 Å². The van der Waals surface area contributed by atoms with E-state index in [-0.39, 0.29) is 5.91 Å². The molecule has 2 heterocycles. The smallest absolute Gasteiger partial charge is 0.251 e. The summed E-state index contributed by atoms with van der Waals surface area (Å²) in [7, 11) is 0. The Balaban J connectivity index is 1.36. The Kier molecular flexibility index (Phi) is 4.23. The minimum atomic E-state index is -0.116. The highest BCUT2D eigenvalue weighted by atomic mass is 16.3. The van der Waals surface area contributed by atoms with Gasteiger partial charge in [0.25, 0.3) is 5.91 Å². The molecule has 0 radical (unpaired) electrons. The van der Waals surface area contributed by atoms with Crippen LogP contribution in [-0.2, 0) is 6.42 Å². The molecule has 0 aliphatic rings. The first kappa shape index (κ1) is 16.1. The summed E-state index contributed by atoms with van der Waals surface area (Å²) in [4.78, 5) is 20.8. The summed E-state index contributed by atoms with van der Waals surface area (Å²) in [6, 6.07) is 13.2. The lowest BCUT2D eigenvalue weighted by Gasteiger charge is -2.06. The zero-order valence-electron chi connectivity index (χ0n) is 14.3. The van der Waals surface area contributed by atoms with Crippen LogP contribution in [0.2, 0.25) is 0 Å². The molecule has 0 spiro atoms. The number of oxazole rings is 1. The van der Waals surface area contributed by atoms with Gasteiger partial charge in [0.1, 0.15) is 5.52 Å². The van der Waals surface area contributed by atoms with Crippen LogP contribution in [-0.4, -0.2) is 27.0 Å². The average Bonchev–Trinajstić information content (AvgIpc) is 3.32. The van der Waals surface area contributed by atoms with Crippen LogP contribution in [0.25, 0.3) is 16.8 Å². The maximum absolute atomic E-state index is 12.3. The number of para-hydroxylation sites is 1.